The number of carbonyl (C=O) groups excluding carboxylic acids is 1. The van der Waals surface area contributed by atoms with Crippen LogP contribution in [0.5, 0.6) is 0 Å². The van der Waals surface area contributed by atoms with Crippen LogP contribution in [0.3, 0.4) is 0 Å². The number of furan rings is 1. The van der Waals surface area contributed by atoms with Crippen LogP contribution in [0.1, 0.15) is 41.8 Å². The van der Waals surface area contributed by atoms with Gasteiger partial charge >= 0.3 is 5.97 Å². The van der Waals surface area contributed by atoms with E-state index in [2.05, 4.69) is 5.32 Å². The molecule has 2 N–H and O–H groups in total. The highest BCUT2D eigenvalue weighted by atomic mass is 16.4. The number of carboxylic acids is 1. The summed E-state index contributed by atoms with van der Waals surface area (Å²) >= 11 is 0. The predicted molar refractivity (Wildman–Crippen MR) is 84.0 cm³/mol. The van der Waals surface area contributed by atoms with E-state index in [0.29, 0.717) is 23.0 Å². The van der Waals surface area contributed by atoms with E-state index in [1.54, 1.807) is 0 Å². The summed E-state index contributed by atoms with van der Waals surface area (Å²) in [5.74, 6) is -1.27. The lowest BCUT2D eigenvalue weighted by Gasteiger charge is -2.16. The monoisotopic (exact) mass is 303 g/mol. The third kappa shape index (κ3) is 3.30. The van der Waals surface area contributed by atoms with Gasteiger partial charge in [-0.25, -0.2) is 4.79 Å². The number of nitrogens with one attached hydrogen (secondary N) is 1. The summed E-state index contributed by atoms with van der Waals surface area (Å²) in [6.07, 6.45) is 1.77. The SMILES string of the molecule is Cc1cc2occ(C(=O)N[C@H](CC(C)C)C(=O)O)c2cc1C. The van der Waals surface area contributed by atoms with Crippen molar-refractivity contribution in [3.63, 3.8) is 0 Å². The van der Waals surface area contributed by atoms with E-state index < -0.39 is 17.9 Å². The fraction of sp³-hybridized carbons (Fsp3) is 0.412. The summed E-state index contributed by atoms with van der Waals surface area (Å²) in [7, 11) is 0. The molecule has 1 aromatic carbocycles. The number of hydrogen-bond donors (Lipinski definition) is 2. The molecule has 0 saturated heterocycles. The Morgan fingerprint density at radius 3 is 2.45 bits per heavy atom. The standard InChI is InChI=1S/C17H21NO4/c1-9(2)5-14(17(20)21)18-16(19)13-8-22-15-7-11(4)10(3)6-12(13)15/h6-9,14H,5H2,1-4H3,(H,18,19)(H,20,21)/t14-/m1/s1. The van der Waals surface area contributed by atoms with Gasteiger partial charge in [0, 0.05) is 5.39 Å². The van der Waals surface area contributed by atoms with Gasteiger partial charge in [0.15, 0.2) is 0 Å². The van der Waals surface area contributed by atoms with Gasteiger partial charge in [-0.2, -0.15) is 0 Å². The fourth-order valence-corrected chi connectivity index (χ4v) is 2.39. The summed E-state index contributed by atoms with van der Waals surface area (Å²) in [6, 6.07) is 2.87. The van der Waals surface area contributed by atoms with Crippen LogP contribution in [0.2, 0.25) is 0 Å². The van der Waals surface area contributed by atoms with Crippen molar-refractivity contribution in [2.75, 3.05) is 0 Å². The number of rotatable bonds is 5. The number of carboxylic acid groups (broad SMARTS) is 1. The first kappa shape index (κ1) is 16.1. The lowest BCUT2D eigenvalue weighted by Crippen LogP contribution is -2.41. The summed E-state index contributed by atoms with van der Waals surface area (Å²) in [5.41, 5.74) is 3.13. The fourth-order valence-electron chi connectivity index (χ4n) is 2.39. The second-order valence-corrected chi connectivity index (χ2v) is 6.08. The number of benzene rings is 1. The van der Waals surface area contributed by atoms with E-state index in [1.165, 1.54) is 6.26 Å². The van der Waals surface area contributed by atoms with Crippen LogP contribution in [0, 0.1) is 19.8 Å². The molecule has 1 aromatic heterocycles. The van der Waals surface area contributed by atoms with Gasteiger partial charge in [-0.15, -0.1) is 0 Å². The van der Waals surface area contributed by atoms with Crippen molar-refractivity contribution in [3.05, 3.63) is 35.1 Å². The van der Waals surface area contributed by atoms with Crippen LogP contribution in [-0.2, 0) is 4.79 Å². The van der Waals surface area contributed by atoms with E-state index in [0.717, 1.165) is 11.1 Å². The maximum atomic E-state index is 12.4. The lowest BCUT2D eigenvalue weighted by atomic mass is 10.0. The molecule has 118 valence electrons. The van der Waals surface area contributed by atoms with Crippen molar-refractivity contribution >= 4 is 22.8 Å². The molecule has 0 aliphatic heterocycles. The zero-order valence-electron chi connectivity index (χ0n) is 13.3. The van der Waals surface area contributed by atoms with Crippen LogP contribution in [0.4, 0.5) is 0 Å². The van der Waals surface area contributed by atoms with Gasteiger partial charge < -0.3 is 14.8 Å². The van der Waals surface area contributed by atoms with E-state index in [1.807, 2.05) is 39.8 Å². The summed E-state index contributed by atoms with van der Waals surface area (Å²) < 4.78 is 5.42. The maximum Gasteiger partial charge on any atom is 0.326 e. The zero-order valence-corrected chi connectivity index (χ0v) is 13.3. The number of hydrogen-bond acceptors (Lipinski definition) is 3. The van der Waals surface area contributed by atoms with Gasteiger partial charge in [0.05, 0.1) is 5.56 Å². The number of aryl methyl sites for hydroxylation is 2. The molecule has 1 atom stereocenters. The van der Waals surface area contributed by atoms with Crippen LogP contribution in [0.25, 0.3) is 11.0 Å². The first-order valence-corrected chi connectivity index (χ1v) is 7.31. The molecule has 0 aliphatic carbocycles. The molecule has 0 spiro atoms. The topological polar surface area (TPSA) is 79.5 Å². The van der Waals surface area contributed by atoms with Gasteiger partial charge in [0.2, 0.25) is 0 Å². The van der Waals surface area contributed by atoms with Crippen molar-refractivity contribution in [1.82, 2.24) is 5.32 Å². The molecule has 2 rings (SSSR count). The van der Waals surface area contributed by atoms with E-state index in [-0.39, 0.29) is 5.92 Å². The van der Waals surface area contributed by atoms with E-state index >= 15 is 0 Å². The van der Waals surface area contributed by atoms with E-state index in [4.69, 9.17) is 4.42 Å². The Balaban J connectivity index is 2.29. The van der Waals surface area contributed by atoms with Crippen molar-refractivity contribution in [2.24, 2.45) is 5.92 Å². The highest BCUT2D eigenvalue weighted by molar-refractivity contribution is 6.07. The van der Waals surface area contributed by atoms with Gasteiger partial charge in [0.25, 0.3) is 5.91 Å². The normalized spacial score (nSPS) is 12.6. The molecule has 2 aromatic rings. The summed E-state index contributed by atoms with van der Waals surface area (Å²) in [5, 5.41) is 12.5. The van der Waals surface area contributed by atoms with E-state index in [9.17, 15) is 14.7 Å². The average Bonchev–Trinajstić information content (AvgIpc) is 2.80. The Morgan fingerprint density at radius 1 is 1.23 bits per heavy atom. The molecule has 1 amide bonds. The summed E-state index contributed by atoms with van der Waals surface area (Å²) in [6.45, 7) is 7.77. The van der Waals surface area contributed by atoms with Crippen molar-refractivity contribution in [2.45, 2.75) is 40.2 Å². The van der Waals surface area contributed by atoms with Gasteiger partial charge in [0.1, 0.15) is 17.9 Å². The van der Waals surface area contributed by atoms with Crippen LogP contribution >= 0.6 is 0 Å². The zero-order chi connectivity index (χ0) is 16.4. The first-order chi connectivity index (χ1) is 10.3. The van der Waals surface area contributed by atoms with Gasteiger partial charge in [-0.3, -0.25) is 4.79 Å². The Kier molecular flexibility index (Phi) is 4.54. The minimum atomic E-state index is -1.03. The number of carbonyl (C=O) groups is 2. The van der Waals surface area contributed by atoms with Crippen LogP contribution in [0.15, 0.2) is 22.8 Å². The van der Waals surface area contributed by atoms with Crippen molar-refractivity contribution in [1.29, 1.82) is 0 Å². The molecule has 22 heavy (non-hydrogen) atoms. The molecule has 0 bridgehead atoms. The minimum absolute atomic E-state index is 0.174. The Bertz CT molecular complexity index is 715. The smallest absolute Gasteiger partial charge is 0.326 e. The molecule has 0 aliphatic rings. The lowest BCUT2D eigenvalue weighted by molar-refractivity contribution is -0.139. The van der Waals surface area contributed by atoms with Gasteiger partial charge in [-0.1, -0.05) is 13.8 Å². The largest absolute Gasteiger partial charge is 0.480 e. The number of fused-ring (bicyclic) bond motifs is 1. The summed E-state index contributed by atoms with van der Waals surface area (Å²) in [4.78, 5) is 23.6. The second kappa shape index (κ2) is 6.22. The average molecular weight is 303 g/mol. The number of amides is 1. The molecular formula is C17H21NO4. The molecule has 0 saturated carbocycles. The molecule has 0 radical (unpaired) electrons. The molecular weight excluding hydrogens is 282 g/mol. The Morgan fingerprint density at radius 2 is 1.86 bits per heavy atom. The highest BCUT2D eigenvalue weighted by Crippen LogP contribution is 2.25. The van der Waals surface area contributed by atoms with Crippen molar-refractivity contribution < 1.29 is 19.1 Å². The predicted octanol–water partition coefficient (Wildman–Crippen LogP) is 3.28. The number of aliphatic carboxylic acids is 1. The molecule has 1 heterocycles. The molecule has 0 unspecified atom stereocenters. The van der Waals surface area contributed by atoms with Crippen LogP contribution in [-0.4, -0.2) is 23.0 Å². The third-order valence-electron chi connectivity index (χ3n) is 3.74. The van der Waals surface area contributed by atoms with Gasteiger partial charge in [-0.05, 0) is 49.4 Å². The quantitative estimate of drug-likeness (QED) is 0.888. The molecule has 5 heteroatoms. The van der Waals surface area contributed by atoms with Crippen molar-refractivity contribution in [3.8, 4) is 0 Å². The molecule has 5 nitrogen and oxygen atoms in total. The first-order valence-electron chi connectivity index (χ1n) is 7.31. The highest BCUT2D eigenvalue weighted by Gasteiger charge is 2.23. The maximum absolute atomic E-state index is 12.4. The third-order valence-corrected chi connectivity index (χ3v) is 3.74. The Labute approximate surface area is 129 Å². The minimum Gasteiger partial charge on any atom is -0.480 e. The second-order valence-electron chi connectivity index (χ2n) is 6.08. The Hall–Kier alpha value is -2.30. The molecule has 0 fully saturated rings. The van der Waals surface area contributed by atoms with Crippen LogP contribution < -0.4 is 5.32 Å².